The van der Waals surface area contributed by atoms with Crippen molar-refractivity contribution in [1.29, 1.82) is 0 Å². The minimum absolute atomic E-state index is 0.0507. The summed E-state index contributed by atoms with van der Waals surface area (Å²) in [6, 6.07) is 18.6. The Bertz CT molecular complexity index is 1390. The van der Waals surface area contributed by atoms with Crippen LogP contribution in [0.2, 0.25) is 0 Å². The van der Waals surface area contributed by atoms with Crippen LogP contribution in [0.25, 0.3) is 22.3 Å². The van der Waals surface area contributed by atoms with Crippen molar-refractivity contribution in [3.05, 3.63) is 66.5 Å². The molecule has 38 heavy (non-hydrogen) atoms. The van der Waals surface area contributed by atoms with E-state index in [0.29, 0.717) is 43.3 Å². The number of nitrogens with zero attached hydrogens (tertiary/aromatic N) is 6. The Morgan fingerprint density at radius 2 is 1.79 bits per heavy atom. The van der Waals surface area contributed by atoms with Gasteiger partial charge in [-0.1, -0.05) is 54.6 Å². The average molecular weight is 516 g/mol. The summed E-state index contributed by atoms with van der Waals surface area (Å²) in [5.74, 6) is 1.13. The highest BCUT2D eigenvalue weighted by molar-refractivity contribution is 5.84. The lowest BCUT2D eigenvalue weighted by molar-refractivity contribution is 0.130. The molecule has 0 aliphatic carbocycles. The monoisotopic (exact) mass is 515 g/mol. The van der Waals surface area contributed by atoms with Gasteiger partial charge >= 0.3 is 6.09 Å². The van der Waals surface area contributed by atoms with Gasteiger partial charge in [-0.05, 0) is 37.0 Å². The van der Waals surface area contributed by atoms with E-state index in [-0.39, 0.29) is 25.2 Å². The number of rotatable bonds is 8. The summed E-state index contributed by atoms with van der Waals surface area (Å²) in [5, 5.41) is 22.6. The first-order valence-corrected chi connectivity index (χ1v) is 12.9. The van der Waals surface area contributed by atoms with Crippen LogP contribution in [0.3, 0.4) is 0 Å². The van der Waals surface area contributed by atoms with E-state index in [0.717, 1.165) is 16.8 Å². The summed E-state index contributed by atoms with van der Waals surface area (Å²) in [4.78, 5) is 29.3. The average Bonchev–Trinajstić information content (AvgIpc) is 3.37. The summed E-state index contributed by atoms with van der Waals surface area (Å²) >= 11 is 0. The topological polar surface area (TPSA) is 120 Å². The van der Waals surface area contributed by atoms with E-state index in [1.165, 1.54) is 10.5 Å². The van der Waals surface area contributed by atoms with Crippen molar-refractivity contribution >= 4 is 29.0 Å². The molecule has 0 spiro atoms. The number of anilines is 2. The number of aliphatic hydroxyl groups excluding tert-OH is 1. The largest absolute Gasteiger partial charge is 0.465 e. The van der Waals surface area contributed by atoms with Gasteiger partial charge in [0.25, 0.3) is 0 Å². The van der Waals surface area contributed by atoms with Crippen LogP contribution in [0.5, 0.6) is 0 Å². The quantitative estimate of drug-likeness (QED) is 0.319. The van der Waals surface area contributed by atoms with Gasteiger partial charge in [-0.25, -0.2) is 9.78 Å². The SMILES string of the molecule is CC(C)n1cnc2c(NCc3ccc(-c4ccccc4)cc3)nc(N3CCN(C(=O)O)CC3CCO)nc21. The van der Waals surface area contributed by atoms with Crippen LogP contribution in [-0.4, -0.2) is 73.0 Å². The summed E-state index contributed by atoms with van der Waals surface area (Å²) in [6.45, 7) is 5.73. The van der Waals surface area contributed by atoms with Gasteiger partial charge in [0.2, 0.25) is 5.95 Å². The van der Waals surface area contributed by atoms with Crippen molar-refractivity contribution in [2.75, 3.05) is 36.5 Å². The third-order valence-electron chi connectivity index (χ3n) is 6.96. The molecule has 0 saturated carbocycles. The Morgan fingerprint density at radius 3 is 2.47 bits per heavy atom. The van der Waals surface area contributed by atoms with E-state index < -0.39 is 6.09 Å². The zero-order valence-electron chi connectivity index (χ0n) is 21.7. The number of carboxylic acid groups (broad SMARTS) is 1. The van der Waals surface area contributed by atoms with Gasteiger partial charge in [-0.3, -0.25) is 0 Å². The highest BCUT2D eigenvalue weighted by Crippen LogP contribution is 2.28. The molecule has 1 aliphatic heterocycles. The highest BCUT2D eigenvalue weighted by Gasteiger charge is 2.31. The molecule has 5 rings (SSSR count). The molecule has 10 heteroatoms. The van der Waals surface area contributed by atoms with Crippen molar-refractivity contribution in [3.8, 4) is 11.1 Å². The van der Waals surface area contributed by atoms with E-state index in [9.17, 15) is 15.0 Å². The molecule has 1 atom stereocenters. The van der Waals surface area contributed by atoms with Crippen molar-refractivity contribution in [2.24, 2.45) is 0 Å². The smallest absolute Gasteiger partial charge is 0.407 e. The summed E-state index contributed by atoms with van der Waals surface area (Å²) < 4.78 is 2.01. The van der Waals surface area contributed by atoms with Crippen LogP contribution in [0, 0.1) is 0 Å². The molecule has 1 amide bonds. The second-order valence-corrected chi connectivity index (χ2v) is 9.79. The first-order valence-electron chi connectivity index (χ1n) is 12.9. The van der Waals surface area contributed by atoms with E-state index in [2.05, 4.69) is 60.5 Å². The van der Waals surface area contributed by atoms with Crippen LogP contribution >= 0.6 is 0 Å². The molecular weight excluding hydrogens is 482 g/mol. The number of aromatic nitrogens is 4. The molecule has 0 radical (unpaired) electrons. The normalized spacial score (nSPS) is 15.8. The van der Waals surface area contributed by atoms with Gasteiger partial charge in [0.05, 0.1) is 12.4 Å². The van der Waals surface area contributed by atoms with Crippen molar-refractivity contribution in [1.82, 2.24) is 24.4 Å². The number of amides is 1. The van der Waals surface area contributed by atoms with E-state index in [1.807, 2.05) is 27.7 Å². The maximum Gasteiger partial charge on any atom is 0.407 e. The van der Waals surface area contributed by atoms with Gasteiger partial charge in [0, 0.05) is 38.8 Å². The molecule has 1 unspecified atom stereocenters. The minimum atomic E-state index is -0.956. The maximum absolute atomic E-state index is 11.6. The third kappa shape index (κ3) is 5.26. The lowest BCUT2D eigenvalue weighted by Crippen LogP contribution is -2.55. The number of carbonyl (C=O) groups is 1. The summed E-state index contributed by atoms with van der Waals surface area (Å²) in [6.07, 6.45) is 1.24. The zero-order valence-corrected chi connectivity index (χ0v) is 21.7. The Balaban J connectivity index is 1.44. The molecule has 2 aromatic heterocycles. The fourth-order valence-electron chi connectivity index (χ4n) is 4.85. The first kappa shape index (κ1) is 25.5. The molecule has 198 valence electrons. The van der Waals surface area contributed by atoms with Gasteiger partial charge in [0.1, 0.15) is 0 Å². The van der Waals surface area contributed by atoms with Crippen LogP contribution in [0.1, 0.15) is 31.9 Å². The lowest BCUT2D eigenvalue weighted by Gasteiger charge is -2.40. The minimum Gasteiger partial charge on any atom is -0.465 e. The molecule has 0 bridgehead atoms. The molecule has 3 heterocycles. The summed E-state index contributed by atoms with van der Waals surface area (Å²) in [5.41, 5.74) is 4.84. The third-order valence-corrected chi connectivity index (χ3v) is 6.96. The molecule has 1 fully saturated rings. The molecular formula is C28H33N7O3. The second-order valence-electron chi connectivity index (χ2n) is 9.79. The van der Waals surface area contributed by atoms with Crippen LogP contribution < -0.4 is 10.2 Å². The van der Waals surface area contributed by atoms with Gasteiger partial charge in [-0.15, -0.1) is 0 Å². The number of imidazole rings is 1. The van der Waals surface area contributed by atoms with Gasteiger partial charge in [0.15, 0.2) is 17.0 Å². The van der Waals surface area contributed by atoms with Crippen molar-refractivity contribution in [3.63, 3.8) is 0 Å². The van der Waals surface area contributed by atoms with E-state index >= 15 is 0 Å². The fraction of sp³-hybridized carbons (Fsp3) is 0.357. The van der Waals surface area contributed by atoms with Crippen LogP contribution in [0.4, 0.5) is 16.6 Å². The number of hydrogen-bond donors (Lipinski definition) is 3. The predicted molar refractivity (Wildman–Crippen MR) is 147 cm³/mol. The number of benzene rings is 2. The molecule has 10 nitrogen and oxygen atoms in total. The standard InChI is InChI=1S/C28H33N7O3/c1-19(2)35-18-30-24-25(29-16-20-8-10-22(11-9-20)21-6-4-3-5-7-21)31-27(32-26(24)35)34-14-13-33(28(37)38)17-23(34)12-15-36/h3-11,18-19,23,36H,12-17H2,1-2H3,(H,37,38)(H,29,31,32). The number of piperazine rings is 1. The number of aliphatic hydroxyl groups is 1. The number of hydrogen-bond acceptors (Lipinski definition) is 7. The van der Waals surface area contributed by atoms with E-state index in [4.69, 9.17) is 9.97 Å². The predicted octanol–water partition coefficient (Wildman–Crippen LogP) is 4.24. The maximum atomic E-state index is 11.6. The Labute approximate surface area is 221 Å². The van der Waals surface area contributed by atoms with Gasteiger partial charge in [-0.2, -0.15) is 9.97 Å². The summed E-state index contributed by atoms with van der Waals surface area (Å²) in [7, 11) is 0. The van der Waals surface area contributed by atoms with Crippen molar-refractivity contribution in [2.45, 2.75) is 38.9 Å². The first-order chi connectivity index (χ1) is 18.4. The highest BCUT2D eigenvalue weighted by atomic mass is 16.4. The van der Waals surface area contributed by atoms with Crippen LogP contribution in [-0.2, 0) is 6.54 Å². The Hall–Kier alpha value is -4.18. The fourth-order valence-corrected chi connectivity index (χ4v) is 4.85. The molecule has 4 aromatic rings. The second kappa shape index (κ2) is 11.1. The molecule has 1 saturated heterocycles. The van der Waals surface area contributed by atoms with Crippen molar-refractivity contribution < 1.29 is 15.0 Å². The number of nitrogens with one attached hydrogen (secondary N) is 1. The van der Waals surface area contributed by atoms with E-state index in [1.54, 1.807) is 6.33 Å². The zero-order chi connectivity index (χ0) is 26.6. The van der Waals surface area contributed by atoms with Gasteiger partial charge < -0.3 is 29.9 Å². The Morgan fingerprint density at radius 1 is 1.05 bits per heavy atom. The van der Waals surface area contributed by atoms with Crippen LogP contribution in [0.15, 0.2) is 60.9 Å². The molecule has 1 aliphatic rings. The lowest BCUT2D eigenvalue weighted by atomic mass is 10.0. The Kier molecular flexibility index (Phi) is 7.41. The molecule has 2 aromatic carbocycles. The number of fused-ring (bicyclic) bond motifs is 1. The molecule has 3 N–H and O–H groups in total.